The van der Waals surface area contributed by atoms with Crippen molar-refractivity contribution in [3.8, 4) is 0 Å². The van der Waals surface area contributed by atoms with Crippen molar-refractivity contribution in [2.24, 2.45) is 0 Å². The third-order valence-electron chi connectivity index (χ3n) is 8.14. The van der Waals surface area contributed by atoms with Gasteiger partial charge in [-0.25, -0.2) is 0 Å². The molecule has 0 bridgehead atoms. The molecule has 3 rings (SSSR count). The van der Waals surface area contributed by atoms with E-state index in [1.165, 1.54) is 70.6 Å². The largest absolute Gasteiger partial charge is 0.507 e. The minimum Gasteiger partial charge on any atom is -0.507 e. The number of ketones is 1. The molecule has 1 aliphatic rings. The maximum Gasteiger partial charge on any atom is 0.295 e. The second kappa shape index (κ2) is 17.2. The zero-order valence-corrected chi connectivity index (χ0v) is 26.1. The Morgan fingerprint density at radius 2 is 1.24 bits per heavy atom. The first-order valence-electron chi connectivity index (χ1n) is 15.7. The average Bonchev–Trinajstić information content (AvgIpc) is 3.22. The molecule has 5 nitrogen and oxygen atoms in total. The van der Waals surface area contributed by atoms with Crippen LogP contribution in [0, 0.1) is 0 Å². The summed E-state index contributed by atoms with van der Waals surface area (Å²) < 4.78 is 0. The summed E-state index contributed by atoms with van der Waals surface area (Å²) in [7, 11) is 3.94. The number of benzene rings is 2. The van der Waals surface area contributed by atoms with Gasteiger partial charge in [-0.15, -0.1) is 0 Å². The lowest BCUT2D eigenvalue weighted by atomic mass is 9.95. The van der Waals surface area contributed by atoms with Crippen molar-refractivity contribution in [3.63, 3.8) is 0 Å². The van der Waals surface area contributed by atoms with Crippen LogP contribution in [0.25, 0.3) is 5.76 Å². The Kier molecular flexibility index (Phi) is 13.8. The minimum absolute atomic E-state index is 0.139. The molecule has 224 valence electrons. The molecule has 1 amide bonds. The maximum absolute atomic E-state index is 13.3. The quantitative estimate of drug-likeness (QED) is 0.0825. The van der Waals surface area contributed by atoms with Crippen molar-refractivity contribution in [1.29, 1.82) is 0 Å². The highest BCUT2D eigenvalue weighted by Gasteiger charge is 2.45. The molecule has 1 fully saturated rings. The van der Waals surface area contributed by atoms with Crippen LogP contribution in [0.5, 0.6) is 0 Å². The third kappa shape index (κ3) is 9.63. The predicted molar refractivity (Wildman–Crippen MR) is 172 cm³/mol. The summed E-state index contributed by atoms with van der Waals surface area (Å²) in [5.74, 6) is -1.34. The molecule has 1 heterocycles. The van der Waals surface area contributed by atoms with Gasteiger partial charge >= 0.3 is 0 Å². The maximum atomic E-state index is 13.3. The van der Waals surface area contributed by atoms with Gasteiger partial charge in [-0.1, -0.05) is 114 Å². The van der Waals surface area contributed by atoms with Gasteiger partial charge in [0.2, 0.25) is 0 Å². The number of likely N-dealkylation sites (tertiary alicyclic amines) is 1. The molecule has 2 aromatic carbocycles. The van der Waals surface area contributed by atoms with Gasteiger partial charge in [0, 0.05) is 36.9 Å². The lowest BCUT2D eigenvalue weighted by molar-refractivity contribution is -0.139. The summed E-state index contributed by atoms with van der Waals surface area (Å²) in [6.45, 7) is 2.75. The fraction of sp³-hybridized carbons (Fsp3) is 0.543. The summed E-state index contributed by atoms with van der Waals surface area (Å²) >= 11 is 6.04. The Balaban J connectivity index is 1.57. The highest BCUT2D eigenvalue weighted by Crippen LogP contribution is 2.40. The number of Topliss-reactive ketones (excluding diaryl/α,β-unsaturated/α-hetero) is 1. The molecule has 6 heteroatoms. The van der Waals surface area contributed by atoms with Gasteiger partial charge in [-0.3, -0.25) is 9.59 Å². The van der Waals surface area contributed by atoms with Crippen molar-refractivity contribution >= 4 is 34.7 Å². The van der Waals surface area contributed by atoms with Gasteiger partial charge in [0.25, 0.3) is 11.7 Å². The second-order valence-corrected chi connectivity index (χ2v) is 12.0. The fourth-order valence-electron chi connectivity index (χ4n) is 5.65. The van der Waals surface area contributed by atoms with E-state index in [1.807, 2.05) is 43.3 Å². The van der Waals surface area contributed by atoms with Crippen molar-refractivity contribution in [2.75, 3.05) is 25.5 Å². The molecule has 0 aromatic heterocycles. The van der Waals surface area contributed by atoms with E-state index in [2.05, 4.69) is 6.92 Å². The number of halogens is 1. The van der Waals surface area contributed by atoms with Crippen LogP contribution in [0.4, 0.5) is 5.69 Å². The van der Waals surface area contributed by atoms with Crippen LogP contribution >= 0.6 is 11.6 Å². The molecule has 0 saturated carbocycles. The SMILES string of the molecule is CCCCCCCCCCCCCCCCN1C(=O)C(=O)C(=C(O)c2ccc(Cl)cc2)C1c1ccc(N(C)C)cc1. The average molecular weight is 581 g/mol. The minimum atomic E-state index is -0.635. The summed E-state index contributed by atoms with van der Waals surface area (Å²) in [6.07, 6.45) is 17.7. The van der Waals surface area contributed by atoms with Crippen LogP contribution < -0.4 is 4.90 Å². The van der Waals surface area contributed by atoms with Gasteiger partial charge in [0.1, 0.15) is 5.76 Å². The van der Waals surface area contributed by atoms with Gasteiger partial charge in [0.15, 0.2) is 0 Å². The van der Waals surface area contributed by atoms with Crippen LogP contribution in [0.1, 0.15) is 114 Å². The van der Waals surface area contributed by atoms with Gasteiger partial charge in [0.05, 0.1) is 11.6 Å². The first-order chi connectivity index (χ1) is 19.8. The van der Waals surface area contributed by atoms with Gasteiger partial charge in [-0.05, 0) is 48.4 Å². The Hall–Kier alpha value is -2.79. The molecule has 1 atom stereocenters. The summed E-state index contributed by atoms with van der Waals surface area (Å²) in [5.41, 5.74) is 2.45. The Labute approximate surface area is 252 Å². The number of unbranched alkanes of at least 4 members (excludes halogenated alkanes) is 13. The van der Waals surface area contributed by atoms with Gasteiger partial charge in [-0.2, -0.15) is 0 Å². The molecule has 0 radical (unpaired) electrons. The Bertz CT molecular complexity index is 1130. The Morgan fingerprint density at radius 1 is 0.756 bits per heavy atom. The number of aliphatic hydroxyl groups is 1. The summed E-state index contributed by atoms with van der Waals surface area (Å²) in [4.78, 5) is 30.1. The van der Waals surface area contributed by atoms with Crippen LogP contribution in [-0.2, 0) is 9.59 Å². The van der Waals surface area contributed by atoms with E-state index in [9.17, 15) is 14.7 Å². The van der Waals surface area contributed by atoms with E-state index in [4.69, 9.17) is 11.6 Å². The topological polar surface area (TPSA) is 60.9 Å². The molecule has 1 unspecified atom stereocenters. The molecular formula is C35H49ClN2O3. The zero-order valence-electron chi connectivity index (χ0n) is 25.3. The highest BCUT2D eigenvalue weighted by molar-refractivity contribution is 6.46. The van der Waals surface area contributed by atoms with Crippen LogP contribution in [-0.4, -0.2) is 42.3 Å². The number of hydrogen-bond donors (Lipinski definition) is 1. The van der Waals surface area contributed by atoms with Crippen LogP contribution in [0.3, 0.4) is 0 Å². The number of amides is 1. The number of nitrogens with zero attached hydrogens (tertiary/aromatic N) is 2. The molecule has 1 aliphatic heterocycles. The number of anilines is 1. The van der Waals surface area contributed by atoms with Crippen molar-refractivity contribution in [2.45, 2.75) is 103 Å². The van der Waals surface area contributed by atoms with E-state index in [1.54, 1.807) is 29.2 Å². The zero-order chi connectivity index (χ0) is 29.6. The smallest absolute Gasteiger partial charge is 0.295 e. The van der Waals surface area contributed by atoms with E-state index >= 15 is 0 Å². The first kappa shape index (κ1) is 32.7. The summed E-state index contributed by atoms with van der Waals surface area (Å²) in [5, 5.41) is 11.8. The Morgan fingerprint density at radius 3 is 1.73 bits per heavy atom. The van der Waals surface area contributed by atoms with Crippen LogP contribution in [0.15, 0.2) is 54.1 Å². The number of aliphatic hydroxyl groups excluding tert-OH is 1. The third-order valence-corrected chi connectivity index (χ3v) is 8.39. The number of carbonyl (C=O) groups is 2. The van der Waals surface area contributed by atoms with E-state index in [0.29, 0.717) is 17.1 Å². The van der Waals surface area contributed by atoms with Gasteiger partial charge < -0.3 is 14.9 Å². The molecule has 0 spiro atoms. The lowest BCUT2D eigenvalue weighted by Gasteiger charge is -2.26. The predicted octanol–water partition coefficient (Wildman–Crippen LogP) is 9.31. The number of hydrogen-bond acceptors (Lipinski definition) is 4. The highest BCUT2D eigenvalue weighted by atomic mass is 35.5. The molecule has 1 saturated heterocycles. The van der Waals surface area contributed by atoms with Crippen molar-refractivity contribution in [1.82, 2.24) is 4.90 Å². The first-order valence-corrected chi connectivity index (χ1v) is 16.0. The monoisotopic (exact) mass is 580 g/mol. The standard InChI is InChI=1S/C35H49ClN2O3/c1-4-5-6-7-8-9-10-11-12-13-14-15-16-17-26-38-32(27-20-24-30(25-21-27)37(2)3)31(34(40)35(38)41)33(39)28-18-22-29(36)23-19-28/h18-25,32,39H,4-17,26H2,1-3H3. The number of carbonyl (C=O) groups excluding carboxylic acids is 2. The molecular weight excluding hydrogens is 532 g/mol. The summed E-state index contributed by atoms with van der Waals surface area (Å²) in [6, 6.07) is 13.9. The fourth-order valence-corrected chi connectivity index (χ4v) is 5.78. The van der Waals surface area contributed by atoms with E-state index in [-0.39, 0.29) is 11.3 Å². The molecule has 2 aromatic rings. The van der Waals surface area contributed by atoms with E-state index < -0.39 is 17.7 Å². The number of rotatable bonds is 18. The molecule has 1 N–H and O–H groups in total. The molecule has 41 heavy (non-hydrogen) atoms. The van der Waals surface area contributed by atoms with Crippen molar-refractivity contribution in [3.05, 3.63) is 70.3 Å². The van der Waals surface area contributed by atoms with E-state index in [0.717, 1.165) is 30.5 Å². The lowest BCUT2D eigenvalue weighted by Crippen LogP contribution is -2.30. The normalized spacial score (nSPS) is 16.5. The molecule has 0 aliphatic carbocycles. The second-order valence-electron chi connectivity index (χ2n) is 11.6. The van der Waals surface area contributed by atoms with Crippen molar-refractivity contribution < 1.29 is 14.7 Å². The van der Waals surface area contributed by atoms with Crippen LogP contribution in [0.2, 0.25) is 5.02 Å².